The van der Waals surface area contributed by atoms with Crippen LogP contribution in [-0.2, 0) is 11.2 Å². The maximum absolute atomic E-state index is 13.1. The fraction of sp³-hybridized carbons (Fsp3) is 0.379. The average molecular weight is 537 g/mol. The molecular weight excluding hydrogens is 500 g/mol. The van der Waals surface area contributed by atoms with Crippen LogP contribution in [0.1, 0.15) is 73.3 Å². The second-order valence-electron chi connectivity index (χ2n) is 9.89. The lowest BCUT2D eigenvalue weighted by atomic mass is 9.99. The predicted octanol–water partition coefficient (Wildman–Crippen LogP) is 4.00. The highest BCUT2D eigenvalue weighted by Gasteiger charge is 2.31. The Balaban J connectivity index is 1.75. The zero-order valence-electron chi connectivity index (χ0n) is 22.3. The van der Waals surface area contributed by atoms with E-state index >= 15 is 0 Å². The Hall–Kier alpha value is -4.18. The topological polar surface area (TPSA) is 154 Å². The van der Waals surface area contributed by atoms with E-state index in [1.165, 1.54) is 0 Å². The van der Waals surface area contributed by atoms with Crippen molar-refractivity contribution in [3.63, 3.8) is 0 Å². The summed E-state index contributed by atoms with van der Waals surface area (Å²) in [6.07, 6.45) is -0.418. The van der Waals surface area contributed by atoms with Gasteiger partial charge in [-0.15, -0.1) is 0 Å². The summed E-state index contributed by atoms with van der Waals surface area (Å²) in [5.41, 5.74) is 1.91. The van der Waals surface area contributed by atoms with Crippen molar-refractivity contribution in [2.24, 2.45) is 5.92 Å². The molecule has 0 aliphatic carbocycles. The number of benzene rings is 2. The quantitative estimate of drug-likeness (QED) is 0.221. The van der Waals surface area contributed by atoms with Crippen molar-refractivity contribution in [3.05, 3.63) is 89.6 Å². The van der Waals surface area contributed by atoms with Crippen molar-refractivity contribution in [2.75, 3.05) is 0 Å². The van der Waals surface area contributed by atoms with Gasteiger partial charge in [0, 0.05) is 0 Å². The number of nitrogens with one attached hydrogen (secondary N) is 3. The van der Waals surface area contributed by atoms with Gasteiger partial charge in [-0.2, -0.15) is 0 Å². The van der Waals surface area contributed by atoms with Gasteiger partial charge < -0.3 is 30.6 Å². The van der Waals surface area contributed by atoms with E-state index in [1.54, 1.807) is 0 Å². The minimum absolute atomic E-state index is 0.00908. The molecule has 3 amide bonds. The van der Waals surface area contributed by atoms with Crippen LogP contribution >= 0.6 is 0 Å². The van der Waals surface area contributed by atoms with Crippen LogP contribution < -0.4 is 16.0 Å². The monoisotopic (exact) mass is 536 g/mol. The normalized spacial score (nSPS) is 14.2. The molecular formula is C29H36N4O6. The first-order valence-corrected chi connectivity index (χ1v) is 13.0. The largest absolute Gasteiger partial charge is 0.465 e. The zero-order valence-corrected chi connectivity index (χ0v) is 22.3. The molecule has 10 nitrogen and oxygen atoms in total. The molecule has 1 aromatic heterocycles. The minimum Gasteiger partial charge on any atom is -0.465 e. The van der Waals surface area contributed by atoms with E-state index in [0.717, 1.165) is 17.4 Å². The van der Waals surface area contributed by atoms with Crippen LogP contribution in [0.25, 0.3) is 0 Å². The molecule has 0 saturated heterocycles. The zero-order chi connectivity index (χ0) is 28.4. The highest BCUT2D eigenvalue weighted by atomic mass is 16.4. The van der Waals surface area contributed by atoms with E-state index < -0.39 is 36.1 Å². The molecule has 0 fully saturated rings. The molecule has 0 radical (unpaired) electrons. The van der Waals surface area contributed by atoms with Crippen LogP contribution in [0.3, 0.4) is 0 Å². The van der Waals surface area contributed by atoms with Crippen LogP contribution in [-0.4, -0.2) is 45.2 Å². The number of carbonyl (C=O) groups excluding carboxylic acids is 2. The molecule has 0 aliphatic heterocycles. The van der Waals surface area contributed by atoms with Gasteiger partial charge in [-0.05, 0) is 43.2 Å². The summed E-state index contributed by atoms with van der Waals surface area (Å²) in [6, 6.07) is 16.8. The summed E-state index contributed by atoms with van der Waals surface area (Å²) >= 11 is 0. The number of aromatic nitrogens is 1. The van der Waals surface area contributed by atoms with Crippen LogP contribution in [0.2, 0.25) is 0 Å². The Morgan fingerprint density at radius 2 is 1.56 bits per heavy atom. The first kappa shape index (κ1) is 29.4. The van der Waals surface area contributed by atoms with Gasteiger partial charge in [-0.3, -0.25) is 9.59 Å². The molecule has 10 heteroatoms. The highest BCUT2D eigenvalue weighted by Crippen LogP contribution is 2.22. The molecule has 1 heterocycles. The van der Waals surface area contributed by atoms with E-state index in [4.69, 9.17) is 4.42 Å². The standard InChI is InChI=1S/C29H36N4O6/c1-18(2)16-23(33-29(37)38)26(35)31-22(15-14-20-10-6-4-7-11-20)25(34)28-32-24(17-39-28)27(36)30-19(3)21-12-8-5-9-13-21/h4-13,17-19,22-23,25,33-34H,14-16H2,1-3H3,(H,30,36)(H,31,35)(H,37,38)/t19-,22?,23?,25?/m0/s1. The molecule has 5 N–H and O–H groups in total. The third-order valence-electron chi connectivity index (χ3n) is 6.27. The van der Waals surface area contributed by atoms with Gasteiger partial charge in [0.15, 0.2) is 11.8 Å². The maximum atomic E-state index is 13.1. The number of nitrogens with zero attached hydrogens (tertiary/aromatic N) is 1. The summed E-state index contributed by atoms with van der Waals surface area (Å²) in [6.45, 7) is 5.60. The molecule has 3 rings (SSSR count). The number of oxazole rings is 1. The Bertz CT molecular complexity index is 1210. The molecule has 208 valence electrons. The lowest BCUT2D eigenvalue weighted by Gasteiger charge is -2.26. The van der Waals surface area contributed by atoms with Crippen LogP contribution in [0, 0.1) is 5.92 Å². The number of aryl methyl sites for hydroxylation is 1. The summed E-state index contributed by atoms with van der Waals surface area (Å²) in [5, 5.41) is 28.2. The molecule has 3 unspecified atom stereocenters. The summed E-state index contributed by atoms with van der Waals surface area (Å²) in [7, 11) is 0. The van der Waals surface area contributed by atoms with E-state index in [-0.39, 0.29) is 30.0 Å². The van der Waals surface area contributed by atoms with Gasteiger partial charge in [-0.25, -0.2) is 9.78 Å². The molecule has 0 bridgehead atoms. The third kappa shape index (κ3) is 8.96. The van der Waals surface area contributed by atoms with Crippen molar-refractivity contribution in [1.82, 2.24) is 20.9 Å². The molecule has 0 saturated carbocycles. The number of carbonyl (C=O) groups is 3. The Morgan fingerprint density at radius 3 is 2.18 bits per heavy atom. The van der Waals surface area contributed by atoms with E-state index in [0.29, 0.717) is 12.8 Å². The van der Waals surface area contributed by atoms with Gasteiger partial charge >= 0.3 is 6.09 Å². The predicted molar refractivity (Wildman–Crippen MR) is 145 cm³/mol. The molecule has 4 atom stereocenters. The van der Waals surface area contributed by atoms with E-state index in [2.05, 4.69) is 20.9 Å². The number of rotatable bonds is 13. The lowest BCUT2D eigenvalue weighted by molar-refractivity contribution is -0.125. The highest BCUT2D eigenvalue weighted by molar-refractivity contribution is 5.92. The Labute approximate surface area is 227 Å². The first-order valence-electron chi connectivity index (χ1n) is 13.0. The molecule has 0 spiro atoms. The summed E-state index contributed by atoms with van der Waals surface area (Å²) in [4.78, 5) is 41.3. The van der Waals surface area contributed by atoms with Crippen LogP contribution in [0.4, 0.5) is 4.79 Å². The number of aliphatic hydroxyl groups excluding tert-OH is 1. The molecule has 3 aromatic rings. The smallest absolute Gasteiger partial charge is 0.405 e. The number of aliphatic hydroxyl groups is 1. The van der Waals surface area contributed by atoms with Crippen molar-refractivity contribution in [3.8, 4) is 0 Å². The Kier molecular flexibility index (Phi) is 10.6. The number of hydrogen-bond acceptors (Lipinski definition) is 6. The molecule has 0 aliphatic rings. The van der Waals surface area contributed by atoms with Crippen molar-refractivity contribution < 1.29 is 29.0 Å². The first-order chi connectivity index (χ1) is 18.6. The molecule has 2 aromatic carbocycles. The van der Waals surface area contributed by atoms with Gasteiger partial charge in [0.1, 0.15) is 12.3 Å². The second kappa shape index (κ2) is 14.1. The van der Waals surface area contributed by atoms with Gasteiger partial charge in [-0.1, -0.05) is 74.5 Å². The third-order valence-corrected chi connectivity index (χ3v) is 6.27. The van der Waals surface area contributed by atoms with Crippen LogP contribution in [0.15, 0.2) is 71.3 Å². The number of hydrogen-bond donors (Lipinski definition) is 5. The maximum Gasteiger partial charge on any atom is 0.405 e. The lowest BCUT2D eigenvalue weighted by Crippen LogP contribution is -2.51. The SMILES string of the molecule is CC(C)CC(NC(=O)O)C(=O)NC(CCc1ccccc1)C(O)c1nc(C(=O)N[C@@H](C)c2ccccc2)co1. The van der Waals surface area contributed by atoms with Crippen molar-refractivity contribution >= 4 is 17.9 Å². The summed E-state index contributed by atoms with van der Waals surface area (Å²) in [5.74, 6) is -1.12. The Morgan fingerprint density at radius 1 is 0.923 bits per heavy atom. The summed E-state index contributed by atoms with van der Waals surface area (Å²) < 4.78 is 5.46. The van der Waals surface area contributed by atoms with Crippen molar-refractivity contribution in [2.45, 2.75) is 64.3 Å². The van der Waals surface area contributed by atoms with Gasteiger partial charge in [0.05, 0.1) is 12.1 Å². The fourth-order valence-electron chi connectivity index (χ4n) is 4.21. The average Bonchev–Trinajstić information content (AvgIpc) is 3.41. The van der Waals surface area contributed by atoms with E-state index in [1.807, 2.05) is 81.4 Å². The van der Waals surface area contributed by atoms with Gasteiger partial charge in [0.2, 0.25) is 11.8 Å². The minimum atomic E-state index is -1.38. The van der Waals surface area contributed by atoms with Crippen molar-refractivity contribution in [1.29, 1.82) is 0 Å². The fourth-order valence-corrected chi connectivity index (χ4v) is 4.21. The second-order valence-corrected chi connectivity index (χ2v) is 9.89. The van der Waals surface area contributed by atoms with E-state index in [9.17, 15) is 24.6 Å². The van der Waals surface area contributed by atoms with Gasteiger partial charge in [0.25, 0.3) is 5.91 Å². The number of carboxylic acid groups (broad SMARTS) is 1. The van der Waals surface area contributed by atoms with Crippen LogP contribution in [0.5, 0.6) is 0 Å². The molecule has 39 heavy (non-hydrogen) atoms. The number of amides is 3.